The molecule has 2 nitrogen and oxygen atoms in total. The zero-order valence-electron chi connectivity index (χ0n) is 6.42. The lowest BCUT2D eigenvalue weighted by Gasteiger charge is -1.96. The quantitative estimate of drug-likeness (QED) is 0.743. The Morgan fingerprint density at radius 2 is 2.45 bits per heavy atom. The van der Waals surface area contributed by atoms with Gasteiger partial charge in [0.05, 0.1) is 0 Å². The summed E-state index contributed by atoms with van der Waals surface area (Å²) in [5.41, 5.74) is 6.87. The monoisotopic (exact) mass is 168 g/mol. The van der Waals surface area contributed by atoms with E-state index in [0.717, 1.165) is 18.9 Å². The summed E-state index contributed by atoms with van der Waals surface area (Å²) in [4.78, 5) is 1.50. The van der Waals surface area contributed by atoms with Crippen LogP contribution in [0.1, 0.15) is 29.2 Å². The van der Waals surface area contributed by atoms with Crippen molar-refractivity contribution in [1.29, 1.82) is 0 Å². The maximum absolute atomic E-state index is 5.49. The average molecular weight is 168 g/mol. The molecule has 1 saturated carbocycles. The van der Waals surface area contributed by atoms with E-state index >= 15 is 0 Å². The largest absolute Gasteiger partial charge is 0.330 e. The Morgan fingerprint density at radius 1 is 1.64 bits per heavy atom. The zero-order chi connectivity index (χ0) is 7.68. The first-order valence-corrected chi connectivity index (χ1v) is 4.82. The normalized spacial score (nSPS) is 17.2. The predicted molar refractivity (Wildman–Crippen MR) is 46.8 cm³/mol. The van der Waals surface area contributed by atoms with Crippen LogP contribution in [0.25, 0.3) is 0 Å². The van der Waals surface area contributed by atoms with Gasteiger partial charge in [-0.15, -0.1) is 0 Å². The van der Waals surface area contributed by atoms with Crippen LogP contribution in [-0.4, -0.2) is 10.9 Å². The standard InChI is InChI=1S/C8H12N2S/c9-4-3-7-5-10-11-8(7)6-1-2-6/h5-6H,1-4,9H2. The summed E-state index contributed by atoms with van der Waals surface area (Å²) in [6, 6.07) is 0. The molecule has 0 amide bonds. The Kier molecular flexibility index (Phi) is 1.92. The first kappa shape index (κ1) is 7.25. The van der Waals surface area contributed by atoms with E-state index in [1.54, 1.807) is 11.5 Å². The Labute approximate surface area is 70.6 Å². The van der Waals surface area contributed by atoms with Crippen LogP contribution in [0.2, 0.25) is 0 Å². The molecular formula is C8H12N2S. The minimum atomic E-state index is 0.748. The highest BCUT2D eigenvalue weighted by molar-refractivity contribution is 7.06. The number of hydrogen-bond donors (Lipinski definition) is 1. The van der Waals surface area contributed by atoms with Gasteiger partial charge in [0.15, 0.2) is 0 Å². The molecule has 2 N–H and O–H groups in total. The van der Waals surface area contributed by atoms with Gasteiger partial charge in [-0.05, 0) is 48.8 Å². The second-order valence-corrected chi connectivity index (χ2v) is 3.86. The summed E-state index contributed by atoms with van der Waals surface area (Å²) in [5.74, 6) is 0.837. The molecule has 0 unspecified atom stereocenters. The molecule has 1 aromatic heterocycles. The molecule has 0 aliphatic heterocycles. The third kappa shape index (κ3) is 1.44. The fraction of sp³-hybridized carbons (Fsp3) is 0.625. The fourth-order valence-corrected chi connectivity index (χ4v) is 2.24. The van der Waals surface area contributed by atoms with E-state index in [2.05, 4.69) is 4.37 Å². The van der Waals surface area contributed by atoms with Crippen LogP contribution in [0, 0.1) is 0 Å². The van der Waals surface area contributed by atoms with Gasteiger partial charge in [-0.3, -0.25) is 0 Å². The minimum absolute atomic E-state index is 0.748. The fourth-order valence-electron chi connectivity index (χ4n) is 1.29. The van der Waals surface area contributed by atoms with Gasteiger partial charge in [-0.25, -0.2) is 4.37 Å². The Hall–Kier alpha value is -0.410. The highest BCUT2D eigenvalue weighted by atomic mass is 32.1. The lowest BCUT2D eigenvalue weighted by molar-refractivity contribution is 0.948. The number of rotatable bonds is 3. The third-order valence-corrected chi connectivity index (χ3v) is 3.04. The van der Waals surface area contributed by atoms with Crippen molar-refractivity contribution < 1.29 is 0 Å². The summed E-state index contributed by atoms with van der Waals surface area (Å²) >= 11 is 1.65. The van der Waals surface area contributed by atoms with Crippen LogP contribution in [0.3, 0.4) is 0 Å². The van der Waals surface area contributed by atoms with Crippen molar-refractivity contribution >= 4 is 11.5 Å². The highest BCUT2D eigenvalue weighted by Gasteiger charge is 2.27. The molecule has 0 bridgehead atoms. The predicted octanol–water partition coefficient (Wildman–Crippen LogP) is 1.52. The minimum Gasteiger partial charge on any atom is -0.330 e. The Bertz CT molecular complexity index is 240. The summed E-state index contributed by atoms with van der Waals surface area (Å²) in [5, 5.41) is 0. The van der Waals surface area contributed by atoms with Crippen molar-refractivity contribution in [2.45, 2.75) is 25.2 Å². The van der Waals surface area contributed by atoms with Gasteiger partial charge in [0.2, 0.25) is 0 Å². The summed E-state index contributed by atoms with van der Waals surface area (Å²) < 4.78 is 4.19. The molecule has 0 atom stereocenters. The van der Waals surface area contributed by atoms with Crippen LogP contribution in [0.5, 0.6) is 0 Å². The smallest absolute Gasteiger partial charge is 0.0442 e. The van der Waals surface area contributed by atoms with Crippen LogP contribution in [0.15, 0.2) is 6.20 Å². The van der Waals surface area contributed by atoms with Gasteiger partial charge in [-0.1, -0.05) is 0 Å². The van der Waals surface area contributed by atoms with Crippen LogP contribution in [-0.2, 0) is 6.42 Å². The van der Waals surface area contributed by atoms with E-state index in [0.29, 0.717) is 0 Å². The molecule has 1 fully saturated rings. The van der Waals surface area contributed by atoms with E-state index < -0.39 is 0 Å². The number of nitrogens with two attached hydrogens (primary N) is 1. The number of hydrogen-bond acceptors (Lipinski definition) is 3. The summed E-state index contributed by atoms with van der Waals surface area (Å²) in [7, 11) is 0. The summed E-state index contributed by atoms with van der Waals surface area (Å²) in [6.07, 6.45) is 5.70. The molecule has 1 heterocycles. The SMILES string of the molecule is NCCc1cnsc1C1CC1. The van der Waals surface area contributed by atoms with Gasteiger partial charge in [0.25, 0.3) is 0 Å². The van der Waals surface area contributed by atoms with Gasteiger partial charge < -0.3 is 5.73 Å². The Morgan fingerprint density at radius 3 is 3.09 bits per heavy atom. The lowest BCUT2D eigenvalue weighted by atomic mass is 10.1. The second-order valence-electron chi connectivity index (χ2n) is 3.03. The molecule has 1 aliphatic carbocycles. The molecular weight excluding hydrogens is 156 g/mol. The van der Waals surface area contributed by atoms with Crippen molar-refractivity contribution in [2.75, 3.05) is 6.54 Å². The first-order chi connectivity index (χ1) is 5.42. The molecule has 2 rings (SSSR count). The van der Waals surface area contributed by atoms with Crippen LogP contribution < -0.4 is 5.73 Å². The molecule has 0 aromatic carbocycles. The molecule has 0 saturated heterocycles. The molecule has 1 aromatic rings. The van der Waals surface area contributed by atoms with Crippen LogP contribution in [0.4, 0.5) is 0 Å². The highest BCUT2D eigenvalue weighted by Crippen LogP contribution is 2.43. The van der Waals surface area contributed by atoms with Crippen molar-refractivity contribution in [3.8, 4) is 0 Å². The number of aromatic nitrogens is 1. The van der Waals surface area contributed by atoms with E-state index in [1.807, 2.05) is 6.20 Å². The topological polar surface area (TPSA) is 38.9 Å². The van der Waals surface area contributed by atoms with Gasteiger partial charge in [0, 0.05) is 11.1 Å². The number of nitrogens with zero attached hydrogens (tertiary/aromatic N) is 1. The molecule has 1 aliphatic rings. The van der Waals surface area contributed by atoms with E-state index in [-0.39, 0.29) is 0 Å². The molecule has 0 radical (unpaired) electrons. The van der Waals surface area contributed by atoms with E-state index in [4.69, 9.17) is 5.73 Å². The van der Waals surface area contributed by atoms with E-state index in [1.165, 1.54) is 23.3 Å². The first-order valence-electron chi connectivity index (χ1n) is 4.05. The Balaban J connectivity index is 2.16. The van der Waals surface area contributed by atoms with Gasteiger partial charge in [-0.2, -0.15) is 0 Å². The van der Waals surface area contributed by atoms with Gasteiger partial charge >= 0.3 is 0 Å². The van der Waals surface area contributed by atoms with Crippen LogP contribution >= 0.6 is 11.5 Å². The molecule has 11 heavy (non-hydrogen) atoms. The molecule has 0 spiro atoms. The third-order valence-electron chi connectivity index (χ3n) is 2.04. The van der Waals surface area contributed by atoms with Crippen molar-refractivity contribution in [1.82, 2.24) is 4.37 Å². The maximum atomic E-state index is 5.49. The molecule has 60 valence electrons. The lowest BCUT2D eigenvalue weighted by Crippen LogP contribution is -2.02. The van der Waals surface area contributed by atoms with Gasteiger partial charge in [0.1, 0.15) is 0 Å². The van der Waals surface area contributed by atoms with Crippen molar-refractivity contribution in [2.24, 2.45) is 5.73 Å². The van der Waals surface area contributed by atoms with Crippen molar-refractivity contribution in [3.63, 3.8) is 0 Å². The molecule has 3 heteroatoms. The maximum Gasteiger partial charge on any atom is 0.0442 e. The van der Waals surface area contributed by atoms with E-state index in [9.17, 15) is 0 Å². The zero-order valence-corrected chi connectivity index (χ0v) is 7.23. The average Bonchev–Trinajstić information content (AvgIpc) is 2.75. The summed E-state index contributed by atoms with van der Waals surface area (Å²) in [6.45, 7) is 0.748. The second kappa shape index (κ2) is 2.91. The van der Waals surface area contributed by atoms with Crippen molar-refractivity contribution in [3.05, 3.63) is 16.6 Å².